The maximum absolute atomic E-state index is 6.02. The quantitative estimate of drug-likeness (QED) is 0.124. The highest BCUT2D eigenvalue weighted by molar-refractivity contribution is 6.12. The standard InChI is InChI=1S/C83H54N2/c1-7-55-28-30-63(48-57(55)9-3)65-36-44-73(68-31-29-56(8-2)58(10-4)49-68)76(51-65)67-23-19-22-62(50-67)66-38-47-82-78(53-66)77-52-64(37-46-81(77)85(82)69-24-15-12-16-25-69)61-34-41-71(42-35-61)84(70-39-32-60(33-40-70)59-20-13-11-14-21-59)72-43-45-75-74-26-17-18-27-79(74)83(5,6)80(75)54-72/h1-4,11-54H,5-6H3. The van der Waals surface area contributed by atoms with Gasteiger partial charge in [0.2, 0.25) is 0 Å². The van der Waals surface area contributed by atoms with Crippen LogP contribution in [0.5, 0.6) is 0 Å². The van der Waals surface area contributed by atoms with Gasteiger partial charge < -0.3 is 9.47 Å². The number of para-hydroxylation sites is 1. The van der Waals surface area contributed by atoms with E-state index in [1.165, 1.54) is 33.4 Å². The molecule has 14 rings (SSSR count). The Morgan fingerprint density at radius 2 is 0.718 bits per heavy atom. The van der Waals surface area contributed by atoms with Crippen molar-refractivity contribution >= 4 is 38.9 Å². The number of anilines is 3. The molecule has 0 amide bonds. The molecule has 0 aliphatic heterocycles. The first-order chi connectivity index (χ1) is 41.7. The Labute approximate surface area is 498 Å². The van der Waals surface area contributed by atoms with E-state index in [1.807, 2.05) is 36.4 Å². The molecule has 2 nitrogen and oxygen atoms in total. The van der Waals surface area contributed by atoms with Crippen molar-refractivity contribution in [2.24, 2.45) is 0 Å². The molecule has 85 heavy (non-hydrogen) atoms. The summed E-state index contributed by atoms with van der Waals surface area (Å²) >= 11 is 0. The Hall–Kier alpha value is -11.5. The van der Waals surface area contributed by atoms with Gasteiger partial charge in [-0.3, -0.25) is 0 Å². The number of nitrogens with zero attached hydrogens (tertiary/aromatic N) is 2. The maximum atomic E-state index is 6.02. The largest absolute Gasteiger partial charge is 0.310 e. The summed E-state index contributed by atoms with van der Waals surface area (Å²) in [7, 11) is 0. The Morgan fingerprint density at radius 3 is 1.36 bits per heavy atom. The van der Waals surface area contributed by atoms with Crippen LogP contribution in [0, 0.1) is 49.4 Å². The molecule has 0 saturated heterocycles. The van der Waals surface area contributed by atoms with Crippen molar-refractivity contribution < 1.29 is 0 Å². The van der Waals surface area contributed by atoms with Crippen molar-refractivity contribution in [3.8, 4) is 133 Å². The molecule has 0 N–H and O–H groups in total. The zero-order valence-electron chi connectivity index (χ0n) is 47.1. The molecule has 2 heteroatoms. The molecule has 0 spiro atoms. The minimum Gasteiger partial charge on any atom is -0.310 e. The third-order valence-corrected chi connectivity index (χ3v) is 17.1. The lowest BCUT2D eigenvalue weighted by atomic mass is 9.82. The summed E-state index contributed by atoms with van der Waals surface area (Å²) in [5.74, 6) is 11.1. The summed E-state index contributed by atoms with van der Waals surface area (Å²) < 4.78 is 2.38. The topological polar surface area (TPSA) is 8.17 Å². The van der Waals surface area contributed by atoms with E-state index in [-0.39, 0.29) is 5.41 Å². The summed E-state index contributed by atoms with van der Waals surface area (Å²) in [6.07, 6.45) is 23.7. The van der Waals surface area contributed by atoms with Crippen LogP contribution in [0.3, 0.4) is 0 Å². The highest BCUT2D eigenvalue weighted by Crippen LogP contribution is 2.51. The number of hydrogen-bond donors (Lipinski definition) is 0. The predicted octanol–water partition coefficient (Wildman–Crippen LogP) is 20.5. The molecule has 0 fully saturated rings. The smallest absolute Gasteiger partial charge is 0.0541 e. The summed E-state index contributed by atoms with van der Waals surface area (Å²) in [4.78, 5) is 2.39. The van der Waals surface area contributed by atoms with Gasteiger partial charge in [-0.2, -0.15) is 0 Å². The third kappa shape index (κ3) is 9.05. The molecule has 1 aromatic heterocycles. The van der Waals surface area contributed by atoms with E-state index < -0.39 is 0 Å². The van der Waals surface area contributed by atoms with Crippen LogP contribution in [0.2, 0.25) is 0 Å². The Morgan fingerprint density at radius 1 is 0.294 bits per heavy atom. The molecular weight excluding hydrogens is 1020 g/mol. The lowest BCUT2D eigenvalue weighted by molar-refractivity contribution is 0.660. The van der Waals surface area contributed by atoms with Crippen LogP contribution >= 0.6 is 0 Å². The van der Waals surface area contributed by atoms with Gasteiger partial charge in [0.25, 0.3) is 0 Å². The van der Waals surface area contributed by atoms with Crippen LogP contribution in [-0.4, -0.2) is 4.57 Å². The molecule has 0 bridgehead atoms. The molecule has 396 valence electrons. The SMILES string of the molecule is C#Cc1ccc(-c2ccc(-c3ccc(C#C)c(C#C)c3)c(-c3cccc(-c4ccc5c(c4)c4cc(-c6ccc(N(c7ccc(-c8ccccc8)cc7)c7ccc8c(c7)C(C)(C)c7ccccc7-8)cc6)ccc4n5-c4ccccc4)c3)c2)cc1C#C. The van der Waals surface area contributed by atoms with Crippen LogP contribution in [0.15, 0.2) is 267 Å². The average molecular weight is 1080 g/mol. The number of hydrogen-bond acceptors (Lipinski definition) is 1. The van der Waals surface area contributed by atoms with Crippen LogP contribution in [0.4, 0.5) is 17.1 Å². The summed E-state index contributed by atoms with van der Waals surface area (Å²) in [5, 5.41) is 2.32. The molecule has 12 aromatic carbocycles. The van der Waals surface area contributed by atoms with Crippen molar-refractivity contribution in [2.75, 3.05) is 4.90 Å². The molecule has 1 aliphatic rings. The minimum atomic E-state index is -0.143. The second-order valence-corrected chi connectivity index (χ2v) is 22.3. The zero-order valence-corrected chi connectivity index (χ0v) is 47.1. The van der Waals surface area contributed by atoms with Crippen molar-refractivity contribution in [1.29, 1.82) is 0 Å². The minimum absolute atomic E-state index is 0.143. The third-order valence-electron chi connectivity index (χ3n) is 17.1. The second-order valence-electron chi connectivity index (χ2n) is 22.3. The van der Waals surface area contributed by atoms with Gasteiger partial charge in [-0.15, -0.1) is 25.7 Å². The molecule has 0 radical (unpaired) electrons. The number of fused-ring (bicyclic) bond motifs is 6. The average Bonchev–Trinajstić information content (AvgIpc) is 4.12. The predicted molar refractivity (Wildman–Crippen MR) is 357 cm³/mol. The highest BCUT2D eigenvalue weighted by Gasteiger charge is 2.36. The number of benzene rings is 12. The zero-order chi connectivity index (χ0) is 57.8. The number of rotatable bonds is 10. The van der Waals surface area contributed by atoms with Gasteiger partial charge >= 0.3 is 0 Å². The van der Waals surface area contributed by atoms with Gasteiger partial charge in [-0.05, 0) is 198 Å². The fourth-order valence-electron chi connectivity index (χ4n) is 12.8. The monoisotopic (exact) mass is 1080 g/mol. The van der Waals surface area contributed by atoms with Crippen LogP contribution in [-0.2, 0) is 5.41 Å². The highest BCUT2D eigenvalue weighted by atomic mass is 15.1. The van der Waals surface area contributed by atoms with E-state index in [0.717, 1.165) is 100 Å². The summed E-state index contributed by atoms with van der Waals surface area (Å²) in [5.41, 5.74) is 27.4. The molecular formula is C83H54N2. The number of aromatic nitrogens is 1. The molecule has 0 unspecified atom stereocenters. The fourth-order valence-corrected chi connectivity index (χ4v) is 12.8. The Bertz CT molecular complexity index is 4990. The lowest BCUT2D eigenvalue weighted by Crippen LogP contribution is -2.16. The van der Waals surface area contributed by atoms with Crippen LogP contribution < -0.4 is 4.90 Å². The maximum Gasteiger partial charge on any atom is 0.0541 e. The molecule has 0 atom stereocenters. The molecule has 0 saturated carbocycles. The van der Waals surface area contributed by atoms with Crippen LogP contribution in [0.25, 0.3) is 105 Å². The van der Waals surface area contributed by atoms with E-state index in [4.69, 9.17) is 25.7 Å². The van der Waals surface area contributed by atoms with Gasteiger partial charge in [0.1, 0.15) is 0 Å². The van der Waals surface area contributed by atoms with Gasteiger partial charge in [-0.1, -0.05) is 195 Å². The van der Waals surface area contributed by atoms with Gasteiger partial charge in [-0.25, -0.2) is 0 Å². The molecule has 13 aromatic rings. The number of terminal acetylenes is 4. The first kappa shape index (κ1) is 51.6. The van der Waals surface area contributed by atoms with Crippen molar-refractivity contribution in [2.45, 2.75) is 19.3 Å². The van der Waals surface area contributed by atoms with Crippen molar-refractivity contribution in [3.05, 3.63) is 300 Å². The first-order valence-corrected chi connectivity index (χ1v) is 28.5. The van der Waals surface area contributed by atoms with E-state index in [0.29, 0.717) is 22.3 Å². The van der Waals surface area contributed by atoms with Crippen molar-refractivity contribution in [1.82, 2.24) is 4.57 Å². The van der Waals surface area contributed by atoms with Gasteiger partial charge in [0.15, 0.2) is 0 Å². The molecule has 1 aliphatic carbocycles. The van der Waals surface area contributed by atoms with E-state index in [1.54, 1.807) is 0 Å². The van der Waals surface area contributed by atoms with Crippen LogP contribution in [0.1, 0.15) is 47.2 Å². The van der Waals surface area contributed by atoms with E-state index in [9.17, 15) is 0 Å². The first-order valence-electron chi connectivity index (χ1n) is 28.5. The Kier molecular flexibility index (Phi) is 12.8. The van der Waals surface area contributed by atoms with E-state index in [2.05, 4.69) is 278 Å². The summed E-state index contributed by atoms with van der Waals surface area (Å²) in [6, 6.07) is 96.0. The summed E-state index contributed by atoms with van der Waals surface area (Å²) in [6.45, 7) is 4.69. The lowest BCUT2D eigenvalue weighted by Gasteiger charge is -2.28. The molecule has 1 heterocycles. The normalized spacial score (nSPS) is 11.9. The van der Waals surface area contributed by atoms with Gasteiger partial charge in [0, 0.05) is 61.2 Å². The van der Waals surface area contributed by atoms with Crippen molar-refractivity contribution in [3.63, 3.8) is 0 Å². The van der Waals surface area contributed by atoms with Gasteiger partial charge in [0.05, 0.1) is 11.0 Å². The Balaban J connectivity index is 0.867. The van der Waals surface area contributed by atoms with E-state index >= 15 is 0 Å². The second kappa shape index (κ2) is 21.1. The fraction of sp³-hybridized carbons (Fsp3) is 0.0361.